The molecule has 1 saturated carbocycles. The van der Waals surface area contributed by atoms with Gasteiger partial charge in [0.1, 0.15) is 0 Å². The maximum absolute atomic E-state index is 11.9. The van der Waals surface area contributed by atoms with Gasteiger partial charge in [0.25, 0.3) is 0 Å². The van der Waals surface area contributed by atoms with Crippen molar-refractivity contribution in [2.45, 2.75) is 25.7 Å². The molecule has 0 heterocycles. The number of halogens is 1. The molecule has 60 valence electrons. The van der Waals surface area contributed by atoms with Gasteiger partial charge in [-0.05, 0) is 12.3 Å². The first-order valence-corrected chi connectivity index (χ1v) is 5.05. The zero-order valence-electron chi connectivity index (χ0n) is 5.72. The molecule has 0 aliphatic heterocycles. The molecule has 0 N–H and O–H groups in total. The van der Waals surface area contributed by atoms with Crippen LogP contribution < -0.4 is 0 Å². The lowest BCUT2D eigenvalue weighted by Crippen LogP contribution is -2.14. The lowest BCUT2D eigenvalue weighted by atomic mass is 9.84. The summed E-state index contributed by atoms with van der Waals surface area (Å²) in [5, 5.41) is 0. The third-order valence-corrected chi connectivity index (χ3v) is 2.72. The van der Waals surface area contributed by atoms with E-state index < -0.39 is 10.2 Å². The molecule has 0 radical (unpaired) electrons. The molecule has 1 fully saturated rings. The predicted molar refractivity (Wildman–Crippen MR) is 36.9 cm³/mol. The maximum Gasteiger partial charge on any atom is 0.302 e. The normalized spacial score (nSPS) is 20.5. The fourth-order valence-corrected chi connectivity index (χ4v) is 1.70. The third kappa shape index (κ3) is 2.64. The third-order valence-electron chi connectivity index (χ3n) is 1.99. The Bertz CT molecular complexity index is 194. The molecule has 1 aliphatic rings. The van der Waals surface area contributed by atoms with Crippen LogP contribution in [0.15, 0.2) is 0 Å². The van der Waals surface area contributed by atoms with E-state index in [2.05, 4.69) is 0 Å². The summed E-state index contributed by atoms with van der Waals surface area (Å²) in [4.78, 5) is 0. The van der Waals surface area contributed by atoms with E-state index in [1.807, 2.05) is 0 Å². The van der Waals surface area contributed by atoms with Gasteiger partial charge in [0.2, 0.25) is 0 Å². The Balaban J connectivity index is 2.16. The summed E-state index contributed by atoms with van der Waals surface area (Å²) in [5.41, 5.74) is 0. The first-order chi connectivity index (χ1) is 4.58. The Labute approximate surface area is 60.6 Å². The summed E-state index contributed by atoms with van der Waals surface area (Å²) >= 11 is 0. The van der Waals surface area contributed by atoms with Gasteiger partial charge >= 0.3 is 10.2 Å². The van der Waals surface area contributed by atoms with Crippen LogP contribution in [0.2, 0.25) is 0 Å². The summed E-state index contributed by atoms with van der Waals surface area (Å²) in [6.45, 7) is 0. The zero-order valence-corrected chi connectivity index (χ0v) is 6.53. The van der Waals surface area contributed by atoms with E-state index >= 15 is 0 Å². The lowest BCUT2D eigenvalue weighted by molar-refractivity contribution is 0.306. The second-order valence-corrected chi connectivity index (χ2v) is 4.31. The van der Waals surface area contributed by atoms with Crippen molar-refractivity contribution in [1.82, 2.24) is 0 Å². The second-order valence-electron chi connectivity index (χ2n) is 2.83. The summed E-state index contributed by atoms with van der Waals surface area (Å²) in [6, 6.07) is 0. The summed E-state index contributed by atoms with van der Waals surface area (Å²) in [7, 11) is -4.20. The fraction of sp³-hybridized carbons (Fsp3) is 1.00. The summed E-state index contributed by atoms with van der Waals surface area (Å²) in [5.74, 6) is 0.197. The molecular formula is C6H11FO2S. The van der Waals surface area contributed by atoms with Crippen molar-refractivity contribution in [1.29, 1.82) is 0 Å². The molecule has 0 bridgehead atoms. The van der Waals surface area contributed by atoms with Gasteiger partial charge < -0.3 is 0 Å². The van der Waals surface area contributed by atoms with E-state index in [1.54, 1.807) is 0 Å². The Hall–Kier alpha value is -0.120. The molecule has 0 unspecified atom stereocenters. The predicted octanol–water partition coefficient (Wildman–Crippen LogP) is 1.48. The molecule has 0 saturated heterocycles. The molecule has 0 spiro atoms. The molecular weight excluding hydrogens is 155 g/mol. The van der Waals surface area contributed by atoms with Crippen LogP contribution in [0.5, 0.6) is 0 Å². The molecule has 4 heteroatoms. The van der Waals surface area contributed by atoms with Crippen LogP contribution in [-0.2, 0) is 10.2 Å². The Kier molecular flexibility index (Phi) is 2.28. The Morgan fingerprint density at radius 1 is 1.40 bits per heavy atom. The fourth-order valence-electron chi connectivity index (χ4n) is 1.09. The zero-order chi connectivity index (χ0) is 7.61. The molecule has 0 amide bonds. The summed E-state index contributed by atoms with van der Waals surface area (Å²) < 4.78 is 31.9. The first-order valence-electron chi connectivity index (χ1n) is 3.50. The highest BCUT2D eigenvalue weighted by molar-refractivity contribution is 7.86. The van der Waals surface area contributed by atoms with E-state index in [1.165, 1.54) is 6.42 Å². The van der Waals surface area contributed by atoms with Crippen molar-refractivity contribution in [2.75, 3.05) is 5.75 Å². The minimum absolute atomic E-state index is 0.280. The number of hydrogen-bond donors (Lipinski definition) is 0. The molecule has 2 nitrogen and oxygen atoms in total. The molecule has 0 aromatic heterocycles. The van der Waals surface area contributed by atoms with Gasteiger partial charge in [-0.2, -0.15) is 8.42 Å². The van der Waals surface area contributed by atoms with Crippen molar-refractivity contribution >= 4 is 10.2 Å². The number of rotatable bonds is 3. The van der Waals surface area contributed by atoms with Crippen molar-refractivity contribution < 1.29 is 12.3 Å². The Morgan fingerprint density at radius 3 is 2.30 bits per heavy atom. The molecule has 0 aromatic carbocycles. The van der Waals surface area contributed by atoms with Crippen molar-refractivity contribution in [3.05, 3.63) is 0 Å². The average Bonchev–Trinajstić information content (AvgIpc) is 1.56. The second kappa shape index (κ2) is 2.86. The van der Waals surface area contributed by atoms with Crippen LogP contribution in [0.4, 0.5) is 3.89 Å². The van der Waals surface area contributed by atoms with Gasteiger partial charge in [0.05, 0.1) is 5.75 Å². The topological polar surface area (TPSA) is 34.1 Å². The van der Waals surface area contributed by atoms with Gasteiger partial charge in [-0.15, -0.1) is 3.89 Å². The van der Waals surface area contributed by atoms with E-state index in [0.29, 0.717) is 12.3 Å². The van der Waals surface area contributed by atoms with Crippen LogP contribution in [0.25, 0.3) is 0 Å². The largest absolute Gasteiger partial charge is 0.302 e. The van der Waals surface area contributed by atoms with Gasteiger partial charge in [-0.3, -0.25) is 0 Å². The highest BCUT2D eigenvalue weighted by Crippen LogP contribution is 2.29. The van der Waals surface area contributed by atoms with E-state index in [0.717, 1.165) is 12.8 Å². The van der Waals surface area contributed by atoms with Gasteiger partial charge in [-0.1, -0.05) is 19.3 Å². The van der Waals surface area contributed by atoms with Crippen LogP contribution in [-0.4, -0.2) is 14.2 Å². The van der Waals surface area contributed by atoms with Crippen LogP contribution >= 0.6 is 0 Å². The van der Waals surface area contributed by atoms with Crippen molar-refractivity contribution in [3.63, 3.8) is 0 Å². The highest BCUT2D eigenvalue weighted by atomic mass is 32.3. The highest BCUT2D eigenvalue weighted by Gasteiger charge is 2.19. The molecule has 1 aliphatic carbocycles. The van der Waals surface area contributed by atoms with Crippen molar-refractivity contribution in [3.8, 4) is 0 Å². The Morgan fingerprint density at radius 2 is 2.00 bits per heavy atom. The van der Waals surface area contributed by atoms with Crippen LogP contribution in [0.1, 0.15) is 25.7 Å². The van der Waals surface area contributed by atoms with Gasteiger partial charge in [0.15, 0.2) is 0 Å². The minimum Gasteiger partial charge on any atom is -0.195 e. The van der Waals surface area contributed by atoms with Gasteiger partial charge in [0, 0.05) is 0 Å². The van der Waals surface area contributed by atoms with E-state index in [-0.39, 0.29) is 5.75 Å². The summed E-state index contributed by atoms with van der Waals surface area (Å²) in [6.07, 6.45) is 3.85. The maximum atomic E-state index is 11.9. The van der Waals surface area contributed by atoms with Crippen molar-refractivity contribution in [2.24, 2.45) is 5.92 Å². The lowest BCUT2D eigenvalue weighted by Gasteiger charge is -2.24. The standard InChI is InChI=1S/C6H11FO2S/c7-10(8,9)5-4-6-2-1-3-6/h6H,1-5H2. The molecule has 10 heavy (non-hydrogen) atoms. The first kappa shape index (κ1) is 7.98. The molecule has 0 atom stereocenters. The minimum atomic E-state index is -4.20. The van der Waals surface area contributed by atoms with Crippen LogP contribution in [0, 0.1) is 5.92 Å². The van der Waals surface area contributed by atoms with Crippen LogP contribution in [0.3, 0.4) is 0 Å². The quantitative estimate of drug-likeness (QED) is 0.595. The average molecular weight is 166 g/mol. The molecule has 0 aromatic rings. The molecule has 1 rings (SSSR count). The monoisotopic (exact) mass is 166 g/mol. The SMILES string of the molecule is O=S(=O)(F)CCC1CCC1. The number of hydrogen-bond acceptors (Lipinski definition) is 2. The van der Waals surface area contributed by atoms with E-state index in [4.69, 9.17) is 0 Å². The van der Waals surface area contributed by atoms with Gasteiger partial charge in [-0.25, -0.2) is 0 Å². The smallest absolute Gasteiger partial charge is 0.195 e. The van der Waals surface area contributed by atoms with E-state index in [9.17, 15) is 12.3 Å².